The number of fused-ring (bicyclic) bond motifs is 4. The predicted octanol–water partition coefficient (Wildman–Crippen LogP) is 2.46. The number of hydrogen-bond donors (Lipinski definition) is 1. The summed E-state index contributed by atoms with van der Waals surface area (Å²) in [4.78, 5) is 17.3. The van der Waals surface area contributed by atoms with Crippen molar-refractivity contribution in [1.29, 1.82) is 0 Å². The fourth-order valence-corrected chi connectivity index (χ4v) is 5.85. The fourth-order valence-electron chi connectivity index (χ4n) is 5.85. The molecule has 7 nitrogen and oxygen atoms in total. The van der Waals surface area contributed by atoms with E-state index in [9.17, 15) is 9.90 Å². The molecule has 1 amide bonds. The van der Waals surface area contributed by atoms with Gasteiger partial charge in [-0.2, -0.15) is 0 Å². The summed E-state index contributed by atoms with van der Waals surface area (Å²) < 4.78 is 12.8. The third-order valence-electron chi connectivity index (χ3n) is 7.21. The van der Waals surface area contributed by atoms with Gasteiger partial charge in [-0.15, -0.1) is 0 Å². The van der Waals surface area contributed by atoms with Gasteiger partial charge in [0, 0.05) is 62.9 Å². The largest absolute Gasteiger partial charge is 0.497 e. The predicted molar refractivity (Wildman–Crippen MR) is 126 cm³/mol. The standard InChI is InChI=1S/C26H31N3O4/c1-27-21-11-19(33-3)9-10-20(21)24-25(27)22(13-30)29(23(31)14-32-2)17-26(24)15-28(16-26)12-18-7-5-4-6-8-18/h4-11,22,30H,12-17H2,1-3H3/t22-/m1/s1. The molecule has 2 aliphatic rings. The molecule has 33 heavy (non-hydrogen) atoms. The quantitative estimate of drug-likeness (QED) is 0.626. The Morgan fingerprint density at radius 2 is 1.88 bits per heavy atom. The molecule has 1 aromatic heterocycles. The lowest BCUT2D eigenvalue weighted by Crippen LogP contribution is -2.67. The summed E-state index contributed by atoms with van der Waals surface area (Å²) in [5, 5.41) is 11.6. The van der Waals surface area contributed by atoms with Crippen LogP contribution in [0.25, 0.3) is 10.9 Å². The third kappa shape index (κ3) is 3.51. The number of carbonyl (C=O) groups is 1. The molecule has 1 fully saturated rings. The first kappa shape index (κ1) is 21.9. The van der Waals surface area contributed by atoms with E-state index < -0.39 is 6.04 Å². The molecule has 3 aromatic rings. The highest BCUT2D eigenvalue weighted by atomic mass is 16.5. The van der Waals surface area contributed by atoms with Crippen molar-refractivity contribution in [1.82, 2.24) is 14.4 Å². The van der Waals surface area contributed by atoms with Crippen LogP contribution in [0.3, 0.4) is 0 Å². The zero-order valence-electron chi connectivity index (χ0n) is 19.5. The van der Waals surface area contributed by atoms with Crippen LogP contribution in [0, 0.1) is 0 Å². The van der Waals surface area contributed by atoms with Crippen LogP contribution in [0.1, 0.15) is 22.9 Å². The molecule has 2 aromatic carbocycles. The van der Waals surface area contributed by atoms with Gasteiger partial charge in [0.15, 0.2) is 0 Å². The number of nitrogens with zero attached hydrogens (tertiary/aromatic N) is 3. The normalized spacial score (nSPS) is 19.5. The smallest absolute Gasteiger partial charge is 0.249 e. The molecule has 1 spiro atoms. The average molecular weight is 450 g/mol. The lowest BCUT2D eigenvalue weighted by atomic mass is 9.68. The molecular formula is C26H31N3O4. The number of hydrogen-bond acceptors (Lipinski definition) is 5. The van der Waals surface area contributed by atoms with Gasteiger partial charge in [-0.3, -0.25) is 9.69 Å². The first-order valence-electron chi connectivity index (χ1n) is 11.3. The Labute approximate surface area is 194 Å². The highest BCUT2D eigenvalue weighted by molar-refractivity contribution is 5.90. The van der Waals surface area contributed by atoms with Gasteiger partial charge in [0.25, 0.3) is 0 Å². The molecule has 0 radical (unpaired) electrons. The van der Waals surface area contributed by atoms with Crippen LogP contribution in [0.2, 0.25) is 0 Å². The summed E-state index contributed by atoms with van der Waals surface area (Å²) in [5.41, 5.74) is 4.42. The number of likely N-dealkylation sites (tertiary alicyclic amines) is 1. The summed E-state index contributed by atoms with van der Waals surface area (Å²) >= 11 is 0. The van der Waals surface area contributed by atoms with Crippen molar-refractivity contribution in [2.24, 2.45) is 7.05 Å². The fraction of sp³-hybridized carbons (Fsp3) is 0.423. The number of benzene rings is 2. The van der Waals surface area contributed by atoms with Crippen LogP contribution in [-0.2, 0) is 28.5 Å². The number of aromatic nitrogens is 1. The second-order valence-electron chi connectivity index (χ2n) is 9.27. The monoisotopic (exact) mass is 449 g/mol. The zero-order valence-corrected chi connectivity index (χ0v) is 19.5. The molecular weight excluding hydrogens is 418 g/mol. The van der Waals surface area contributed by atoms with Gasteiger partial charge in [0.1, 0.15) is 12.4 Å². The molecule has 0 saturated carbocycles. The molecule has 1 N–H and O–H groups in total. The summed E-state index contributed by atoms with van der Waals surface area (Å²) in [7, 11) is 5.22. The van der Waals surface area contributed by atoms with E-state index in [2.05, 4.69) is 39.8 Å². The zero-order chi connectivity index (χ0) is 23.2. The Morgan fingerprint density at radius 3 is 2.55 bits per heavy atom. The van der Waals surface area contributed by atoms with Crippen LogP contribution in [0.15, 0.2) is 48.5 Å². The number of aliphatic hydroxyl groups is 1. The van der Waals surface area contributed by atoms with Gasteiger partial charge in [-0.05, 0) is 23.3 Å². The van der Waals surface area contributed by atoms with Crippen molar-refractivity contribution >= 4 is 16.8 Å². The van der Waals surface area contributed by atoms with Gasteiger partial charge >= 0.3 is 0 Å². The van der Waals surface area contributed by atoms with Crippen LogP contribution in [0.5, 0.6) is 5.75 Å². The van der Waals surface area contributed by atoms with Crippen molar-refractivity contribution in [3.63, 3.8) is 0 Å². The maximum Gasteiger partial charge on any atom is 0.249 e. The Morgan fingerprint density at radius 1 is 1.12 bits per heavy atom. The number of rotatable bonds is 6. The van der Waals surface area contributed by atoms with Gasteiger partial charge in [-0.1, -0.05) is 30.3 Å². The van der Waals surface area contributed by atoms with E-state index in [0.717, 1.165) is 36.6 Å². The SMILES string of the molecule is COCC(=O)N1CC2(CN(Cc3ccccc3)C2)c2c(n(C)c3cc(OC)ccc23)[C@H]1CO. The van der Waals surface area contributed by atoms with Crippen molar-refractivity contribution in [3.05, 3.63) is 65.4 Å². The summed E-state index contributed by atoms with van der Waals surface area (Å²) in [5.74, 6) is 0.701. The molecule has 2 aliphatic heterocycles. The molecule has 0 bridgehead atoms. The van der Waals surface area contributed by atoms with Crippen LogP contribution in [-0.4, -0.2) is 72.4 Å². The van der Waals surface area contributed by atoms with Crippen molar-refractivity contribution < 1.29 is 19.4 Å². The van der Waals surface area contributed by atoms with Gasteiger partial charge in [-0.25, -0.2) is 0 Å². The second kappa shape index (κ2) is 8.48. The van der Waals surface area contributed by atoms with Gasteiger partial charge < -0.3 is 24.0 Å². The third-order valence-corrected chi connectivity index (χ3v) is 7.21. The molecule has 0 unspecified atom stereocenters. The number of aryl methyl sites for hydroxylation is 1. The van der Waals surface area contributed by atoms with Crippen molar-refractivity contribution in [3.8, 4) is 5.75 Å². The van der Waals surface area contributed by atoms with Crippen LogP contribution >= 0.6 is 0 Å². The Kier molecular flexibility index (Phi) is 5.64. The maximum absolute atomic E-state index is 13.1. The first-order chi connectivity index (χ1) is 16.0. The maximum atomic E-state index is 13.1. The molecule has 7 heteroatoms. The lowest BCUT2D eigenvalue weighted by Gasteiger charge is -2.56. The number of methoxy groups -OCH3 is 2. The second-order valence-corrected chi connectivity index (χ2v) is 9.27. The minimum absolute atomic E-state index is 0.00735. The highest BCUT2D eigenvalue weighted by Gasteiger charge is 2.54. The van der Waals surface area contributed by atoms with E-state index in [-0.39, 0.29) is 24.5 Å². The Hall–Kier alpha value is -2.87. The van der Waals surface area contributed by atoms with Crippen molar-refractivity contribution in [2.45, 2.75) is 18.0 Å². The van der Waals surface area contributed by atoms with E-state index in [4.69, 9.17) is 9.47 Å². The molecule has 5 rings (SSSR count). The number of ether oxygens (including phenoxy) is 2. The van der Waals surface area contributed by atoms with Crippen LogP contribution in [0.4, 0.5) is 0 Å². The topological polar surface area (TPSA) is 67.2 Å². The van der Waals surface area contributed by atoms with Crippen molar-refractivity contribution in [2.75, 3.05) is 47.1 Å². The summed E-state index contributed by atoms with van der Waals surface area (Å²) in [6, 6.07) is 16.2. The summed E-state index contributed by atoms with van der Waals surface area (Å²) in [6.45, 7) is 3.04. The minimum atomic E-state index is -0.403. The molecule has 1 atom stereocenters. The first-order valence-corrected chi connectivity index (χ1v) is 11.3. The van der Waals surface area contributed by atoms with E-state index in [1.165, 1.54) is 23.6 Å². The van der Waals surface area contributed by atoms with Gasteiger partial charge in [0.2, 0.25) is 5.91 Å². The van der Waals surface area contributed by atoms with E-state index in [1.54, 1.807) is 7.11 Å². The van der Waals surface area contributed by atoms with Crippen LogP contribution < -0.4 is 4.74 Å². The molecule has 1 saturated heterocycles. The van der Waals surface area contributed by atoms with E-state index in [0.29, 0.717) is 6.54 Å². The molecule has 174 valence electrons. The van der Waals surface area contributed by atoms with E-state index in [1.807, 2.05) is 30.1 Å². The Balaban J connectivity index is 1.59. The van der Waals surface area contributed by atoms with E-state index >= 15 is 0 Å². The molecule has 0 aliphatic carbocycles. The number of carbonyl (C=O) groups excluding carboxylic acids is 1. The Bertz CT molecular complexity index is 1170. The van der Waals surface area contributed by atoms with Gasteiger partial charge in [0.05, 0.1) is 25.3 Å². The summed E-state index contributed by atoms with van der Waals surface area (Å²) in [6.07, 6.45) is 0. The minimum Gasteiger partial charge on any atom is -0.497 e. The number of amides is 1. The average Bonchev–Trinajstić information content (AvgIpc) is 3.11. The number of aliphatic hydroxyl groups excluding tert-OH is 1. The lowest BCUT2D eigenvalue weighted by molar-refractivity contribution is -0.143. The molecule has 3 heterocycles. The highest BCUT2D eigenvalue weighted by Crippen LogP contribution is 2.49.